The van der Waals surface area contributed by atoms with Crippen LogP contribution in [0.25, 0.3) is 0 Å². The Hall–Kier alpha value is -2.66. The topological polar surface area (TPSA) is 125 Å². The minimum atomic E-state index is -4.14. The van der Waals surface area contributed by atoms with Crippen LogP contribution in [0, 0.1) is 11.8 Å². The zero-order valence-electron chi connectivity index (χ0n) is 21.3. The fourth-order valence-electron chi connectivity index (χ4n) is 4.57. The van der Waals surface area contributed by atoms with Gasteiger partial charge in [-0.1, -0.05) is 44.2 Å². The Morgan fingerprint density at radius 3 is 2.11 bits per heavy atom. The molecule has 0 heterocycles. The van der Waals surface area contributed by atoms with Gasteiger partial charge in [-0.3, -0.25) is 14.8 Å². The van der Waals surface area contributed by atoms with Crippen LogP contribution in [0.1, 0.15) is 45.1 Å². The van der Waals surface area contributed by atoms with Crippen LogP contribution < -0.4 is 15.5 Å². The van der Waals surface area contributed by atoms with Gasteiger partial charge in [-0.05, 0) is 61.4 Å². The minimum Gasteiger partial charge on any atom is -0.497 e. The van der Waals surface area contributed by atoms with Gasteiger partial charge in [0.25, 0.3) is 5.91 Å². The molecule has 1 unspecified atom stereocenters. The highest BCUT2D eigenvalue weighted by Crippen LogP contribution is 2.34. The van der Waals surface area contributed by atoms with E-state index < -0.39 is 22.0 Å². The fourth-order valence-corrected chi connectivity index (χ4v) is 6.21. The Morgan fingerprint density at radius 1 is 1.00 bits per heavy atom. The van der Waals surface area contributed by atoms with Crippen LogP contribution >= 0.6 is 12.4 Å². The first-order chi connectivity index (χ1) is 17.2. The van der Waals surface area contributed by atoms with Gasteiger partial charge in [0.2, 0.25) is 15.9 Å². The number of ether oxygens (including phenoxy) is 1. The van der Waals surface area contributed by atoms with Crippen molar-refractivity contribution in [2.24, 2.45) is 11.8 Å². The number of hydroxylamine groups is 1. The average Bonchev–Trinajstić information content (AvgIpc) is 2.89. The van der Waals surface area contributed by atoms with Gasteiger partial charge >= 0.3 is 0 Å². The van der Waals surface area contributed by atoms with Crippen molar-refractivity contribution in [3.8, 4) is 5.75 Å². The van der Waals surface area contributed by atoms with Crippen LogP contribution in [-0.2, 0) is 26.2 Å². The maximum atomic E-state index is 13.9. The minimum absolute atomic E-state index is 0. The fraction of sp³-hybridized carbons (Fsp3) is 0.462. The molecule has 0 aromatic heterocycles. The zero-order chi connectivity index (χ0) is 26.3. The third-order valence-corrected chi connectivity index (χ3v) is 8.47. The van der Waals surface area contributed by atoms with Crippen LogP contribution in [0.5, 0.6) is 5.75 Å². The molecule has 37 heavy (non-hydrogen) atoms. The van der Waals surface area contributed by atoms with Crippen molar-refractivity contribution >= 4 is 34.2 Å². The lowest BCUT2D eigenvalue weighted by Gasteiger charge is -2.38. The van der Waals surface area contributed by atoms with E-state index in [0.717, 1.165) is 0 Å². The molecule has 0 aliphatic heterocycles. The highest BCUT2D eigenvalue weighted by Gasteiger charge is 2.42. The van der Waals surface area contributed by atoms with Crippen LogP contribution in [0.15, 0.2) is 59.5 Å². The predicted octanol–water partition coefficient (Wildman–Crippen LogP) is 3.51. The number of benzene rings is 2. The Balaban J connectivity index is 0.00000481. The molecule has 2 aromatic rings. The van der Waals surface area contributed by atoms with Crippen LogP contribution in [0.3, 0.4) is 0 Å². The highest BCUT2D eigenvalue weighted by molar-refractivity contribution is 7.89. The van der Waals surface area contributed by atoms with Gasteiger partial charge in [0.1, 0.15) is 11.8 Å². The maximum absolute atomic E-state index is 13.9. The summed E-state index contributed by atoms with van der Waals surface area (Å²) in [5.74, 6) is -0.781. The normalized spacial score (nSPS) is 18.5. The van der Waals surface area contributed by atoms with Crippen molar-refractivity contribution in [2.45, 2.75) is 63.1 Å². The number of amides is 2. The van der Waals surface area contributed by atoms with Crippen molar-refractivity contribution in [1.82, 2.24) is 15.1 Å². The number of methoxy groups -OCH3 is 1. The lowest BCUT2D eigenvalue weighted by molar-refractivity contribution is -0.136. The number of hydrogen-bond donors (Lipinski definition) is 3. The Morgan fingerprint density at radius 2 is 1.59 bits per heavy atom. The summed E-state index contributed by atoms with van der Waals surface area (Å²) in [5, 5.41) is 12.6. The van der Waals surface area contributed by atoms with Crippen molar-refractivity contribution < 1.29 is 28.0 Å². The molecule has 0 saturated heterocycles. The van der Waals surface area contributed by atoms with E-state index in [1.807, 2.05) is 19.9 Å². The second-order valence-corrected chi connectivity index (χ2v) is 11.3. The molecule has 1 aliphatic carbocycles. The molecule has 3 rings (SSSR count). The Kier molecular flexibility index (Phi) is 11.4. The summed E-state index contributed by atoms with van der Waals surface area (Å²) in [6.07, 6.45) is 2.26. The number of rotatable bonds is 10. The van der Waals surface area contributed by atoms with Gasteiger partial charge in [-0.25, -0.2) is 13.9 Å². The number of halogens is 1. The van der Waals surface area contributed by atoms with E-state index in [1.54, 1.807) is 41.9 Å². The first kappa shape index (κ1) is 30.6. The molecule has 1 aliphatic rings. The number of carbonyl (C=O) groups is 2. The van der Waals surface area contributed by atoms with Crippen LogP contribution in [-0.4, -0.2) is 48.9 Å². The molecule has 2 amide bonds. The molecular formula is C26H36ClN3O6S. The van der Waals surface area contributed by atoms with Gasteiger partial charge < -0.3 is 10.1 Å². The molecule has 1 saturated carbocycles. The third-order valence-electron chi connectivity index (χ3n) is 6.63. The zero-order valence-corrected chi connectivity index (χ0v) is 22.9. The number of carbonyl (C=O) groups excluding carboxylic acids is 2. The predicted molar refractivity (Wildman–Crippen MR) is 142 cm³/mol. The molecular weight excluding hydrogens is 518 g/mol. The number of nitrogens with zero attached hydrogens (tertiary/aromatic N) is 1. The monoisotopic (exact) mass is 553 g/mol. The van der Waals surface area contributed by atoms with E-state index >= 15 is 0 Å². The number of nitrogens with one attached hydrogen (secondary N) is 2. The Labute approximate surface area is 225 Å². The number of sulfonamides is 1. The molecule has 204 valence electrons. The molecule has 0 radical (unpaired) electrons. The summed E-state index contributed by atoms with van der Waals surface area (Å²) in [6.45, 7) is 3.61. The van der Waals surface area contributed by atoms with E-state index in [9.17, 15) is 23.2 Å². The van der Waals surface area contributed by atoms with Crippen molar-refractivity contribution in [3.05, 3.63) is 60.2 Å². The Bertz CT molecular complexity index is 1120. The molecule has 1 atom stereocenters. The molecule has 1 fully saturated rings. The van der Waals surface area contributed by atoms with E-state index in [1.165, 1.54) is 23.5 Å². The van der Waals surface area contributed by atoms with Gasteiger partial charge in [-0.2, -0.15) is 4.31 Å². The van der Waals surface area contributed by atoms with E-state index in [0.29, 0.717) is 37.0 Å². The van der Waals surface area contributed by atoms with Gasteiger partial charge in [0.15, 0.2) is 0 Å². The summed E-state index contributed by atoms with van der Waals surface area (Å²) >= 11 is 0. The molecule has 3 N–H and O–H groups in total. The first-order valence-electron chi connectivity index (χ1n) is 12.1. The molecule has 2 aromatic carbocycles. The molecule has 11 heteroatoms. The van der Waals surface area contributed by atoms with Gasteiger partial charge in [0.05, 0.1) is 12.0 Å². The van der Waals surface area contributed by atoms with E-state index in [-0.39, 0.29) is 47.6 Å². The second kappa shape index (κ2) is 13.8. The SMILES string of the molecule is COc1ccc(S(=O)(=O)N(Cc2ccccc2)C(C(=O)NO)C2CCC(NC(=O)C(C)C)CC2)cc1.Cl. The molecule has 0 bridgehead atoms. The highest BCUT2D eigenvalue weighted by atomic mass is 35.5. The summed E-state index contributed by atoms with van der Waals surface area (Å²) < 4.78 is 34.1. The third kappa shape index (κ3) is 7.67. The standard InChI is InChI=1S/C26H35N3O6S.ClH/c1-18(2)25(30)27-21-11-9-20(10-12-21)24(26(31)28-32)29(17-19-7-5-4-6-8-19)36(33,34)23-15-13-22(35-3)14-16-23;/h4-8,13-16,18,20-21,24,32H,9-12,17H2,1-3H3,(H,27,30)(H,28,31);1H. The number of hydrogen-bond acceptors (Lipinski definition) is 6. The summed E-state index contributed by atoms with van der Waals surface area (Å²) in [6, 6.07) is 13.8. The van der Waals surface area contributed by atoms with Crippen molar-refractivity contribution in [1.29, 1.82) is 0 Å². The summed E-state index contributed by atoms with van der Waals surface area (Å²) in [4.78, 5) is 25.2. The van der Waals surface area contributed by atoms with Gasteiger partial charge in [0, 0.05) is 18.5 Å². The lowest BCUT2D eigenvalue weighted by atomic mass is 9.81. The van der Waals surface area contributed by atoms with Gasteiger partial charge in [-0.15, -0.1) is 12.4 Å². The second-order valence-electron chi connectivity index (χ2n) is 9.41. The van der Waals surface area contributed by atoms with Crippen molar-refractivity contribution in [3.63, 3.8) is 0 Å². The molecule has 0 spiro atoms. The van der Waals surface area contributed by atoms with Crippen LogP contribution in [0.4, 0.5) is 0 Å². The smallest absolute Gasteiger partial charge is 0.262 e. The largest absolute Gasteiger partial charge is 0.497 e. The lowest BCUT2D eigenvalue weighted by Crippen LogP contribution is -2.53. The maximum Gasteiger partial charge on any atom is 0.262 e. The summed E-state index contributed by atoms with van der Waals surface area (Å²) in [5.41, 5.74) is 2.41. The first-order valence-corrected chi connectivity index (χ1v) is 13.6. The van der Waals surface area contributed by atoms with Crippen molar-refractivity contribution in [2.75, 3.05) is 7.11 Å². The van der Waals surface area contributed by atoms with E-state index in [4.69, 9.17) is 4.74 Å². The average molecular weight is 554 g/mol. The van der Waals surface area contributed by atoms with Crippen LogP contribution in [0.2, 0.25) is 0 Å². The summed E-state index contributed by atoms with van der Waals surface area (Å²) in [7, 11) is -2.64. The quantitative estimate of drug-likeness (QED) is 0.305. The molecule has 9 nitrogen and oxygen atoms in total. The van der Waals surface area contributed by atoms with E-state index in [2.05, 4.69) is 5.32 Å².